The summed E-state index contributed by atoms with van der Waals surface area (Å²) in [7, 11) is 0. The quantitative estimate of drug-likeness (QED) is 0.702. The molecule has 18 heavy (non-hydrogen) atoms. The third-order valence-corrected chi connectivity index (χ3v) is 5.72. The maximum Gasteiger partial charge on any atom is 0.0591 e. The second kappa shape index (κ2) is 5.92. The number of hydrogen-bond acceptors (Lipinski definition) is 2. The van der Waals surface area contributed by atoms with Gasteiger partial charge in [-0.05, 0) is 55.8 Å². The van der Waals surface area contributed by atoms with E-state index in [1.165, 1.54) is 38.5 Å². The molecule has 0 spiro atoms. The van der Waals surface area contributed by atoms with Gasteiger partial charge in [-0.15, -0.1) is 0 Å². The summed E-state index contributed by atoms with van der Waals surface area (Å²) in [6, 6.07) is 0.823. The molecule has 1 N–H and O–H groups in total. The third kappa shape index (κ3) is 2.46. The Balaban J connectivity index is 1.35. The van der Waals surface area contributed by atoms with E-state index in [9.17, 15) is 0 Å². The van der Waals surface area contributed by atoms with Crippen LogP contribution in [0, 0.1) is 23.7 Å². The summed E-state index contributed by atoms with van der Waals surface area (Å²) in [4.78, 5) is 0. The first kappa shape index (κ1) is 12.9. The molecule has 3 rings (SSSR count). The second-order valence-corrected chi connectivity index (χ2v) is 6.68. The zero-order valence-electron chi connectivity index (χ0n) is 11.9. The molecule has 0 aliphatic heterocycles. The Hall–Kier alpha value is -0.0800. The lowest BCUT2D eigenvalue weighted by atomic mass is 9.79. The first-order chi connectivity index (χ1) is 8.90. The van der Waals surface area contributed by atoms with E-state index in [1.807, 2.05) is 0 Å². The molecule has 0 aromatic rings. The molecular weight excluding hydrogens is 222 g/mol. The van der Waals surface area contributed by atoms with E-state index in [-0.39, 0.29) is 0 Å². The van der Waals surface area contributed by atoms with Crippen LogP contribution < -0.4 is 5.32 Å². The van der Waals surface area contributed by atoms with Crippen LogP contribution in [0.25, 0.3) is 0 Å². The summed E-state index contributed by atoms with van der Waals surface area (Å²) in [5.74, 6) is 4.29. The Morgan fingerprint density at radius 2 is 1.94 bits per heavy atom. The fraction of sp³-hybridized carbons (Fsp3) is 1.00. The predicted octanol–water partition coefficient (Wildman–Crippen LogP) is 3.22. The number of fused-ring (bicyclic) bond motifs is 5. The van der Waals surface area contributed by atoms with Gasteiger partial charge < -0.3 is 10.1 Å². The SMILES string of the molecule is CCCCOCCNC1CC2CC1C1CCCC21. The number of nitrogens with one attached hydrogen (secondary N) is 1. The summed E-state index contributed by atoms with van der Waals surface area (Å²) >= 11 is 0. The maximum atomic E-state index is 5.64. The molecule has 0 saturated heterocycles. The van der Waals surface area contributed by atoms with Crippen molar-refractivity contribution in [3.05, 3.63) is 0 Å². The van der Waals surface area contributed by atoms with Crippen molar-refractivity contribution in [1.82, 2.24) is 5.32 Å². The van der Waals surface area contributed by atoms with Gasteiger partial charge in [0, 0.05) is 19.2 Å². The Kier molecular flexibility index (Phi) is 4.25. The van der Waals surface area contributed by atoms with E-state index >= 15 is 0 Å². The van der Waals surface area contributed by atoms with Gasteiger partial charge in [0.2, 0.25) is 0 Å². The van der Waals surface area contributed by atoms with E-state index in [1.54, 1.807) is 6.42 Å². The van der Waals surface area contributed by atoms with Crippen molar-refractivity contribution in [2.45, 2.75) is 57.9 Å². The summed E-state index contributed by atoms with van der Waals surface area (Å²) in [6.07, 6.45) is 10.0. The molecule has 2 nitrogen and oxygen atoms in total. The summed E-state index contributed by atoms with van der Waals surface area (Å²) in [5, 5.41) is 3.78. The molecule has 0 amide bonds. The van der Waals surface area contributed by atoms with Crippen molar-refractivity contribution in [1.29, 1.82) is 0 Å². The lowest BCUT2D eigenvalue weighted by molar-refractivity contribution is 0.124. The van der Waals surface area contributed by atoms with Gasteiger partial charge in [0.1, 0.15) is 0 Å². The average molecular weight is 251 g/mol. The molecule has 5 unspecified atom stereocenters. The monoisotopic (exact) mass is 251 g/mol. The van der Waals surface area contributed by atoms with Crippen LogP contribution in [0.2, 0.25) is 0 Å². The van der Waals surface area contributed by atoms with Crippen molar-refractivity contribution in [2.75, 3.05) is 19.8 Å². The Morgan fingerprint density at radius 1 is 1.06 bits per heavy atom. The molecule has 3 fully saturated rings. The zero-order valence-corrected chi connectivity index (χ0v) is 11.9. The van der Waals surface area contributed by atoms with Gasteiger partial charge in [0.05, 0.1) is 6.61 Å². The molecule has 5 atom stereocenters. The third-order valence-electron chi connectivity index (χ3n) is 5.72. The van der Waals surface area contributed by atoms with Crippen LogP contribution in [-0.4, -0.2) is 25.8 Å². The topological polar surface area (TPSA) is 21.3 Å². The number of hydrogen-bond donors (Lipinski definition) is 1. The van der Waals surface area contributed by atoms with Crippen molar-refractivity contribution < 1.29 is 4.74 Å². The van der Waals surface area contributed by atoms with Crippen LogP contribution in [0.5, 0.6) is 0 Å². The van der Waals surface area contributed by atoms with Crippen LogP contribution in [0.15, 0.2) is 0 Å². The number of rotatable bonds is 7. The summed E-state index contributed by atoms with van der Waals surface area (Å²) in [5.41, 5.74) is 0. The van der Waals surface area contributed by atoms with Gasteiger partial charge in [-0.3, -0.25) is 0 Å². The van der Waals surface area contributed by atoms with Gasteiger partial charge in [-0.1, -0.05) is 19.8 Å². The van der Waals surface area contributed by atoms with Gasteiger partial charge in [-0.2, -0.15) is 0 Å². The van der Waals surface area contributed by atoms with E-state index < -0.39 is 0 Å². The minimum Gasteiger partial charge on any atom is -0.380 e. The summed E-state index contributed by atoms with van der Waals surface area (Å²) in [6.45, 7) is 5.13. The maximum absolute atomic E-state index is 5.64. The Bertz CT molecular complexity index is 268. The van der Waals surface area contributed by atoms with Crippen LogP contribution in [0.1, 0.15) is 51.9 Å². The highest BCUT2D eigenvalue weighted by molar-refractivity contribution is 5.05. The second-order valence-electron chi connectivity index (χ2n) is 6.68. The van der Waals surface area contributed by atoms with Gasteiger partial charge in [0.25, 0.3) is 0 Å². The molecule has 3 aliphatic carbocycles. The van der Waals surface area contributed by atoms with E-state index in [2.05, 4.69) is 12.2 Å². The first-order valence-corrected chi connectivity index (χ1v) is 8.21. The van der Waals surface area contributed by atoms with Crippen molar-refractivity contribution in [3.63, 3.8) is 0 Å². The van der Waals surface area contributed by atoms with Gasteiger partial charge in [0.15, 0.2) is 0 Å². The normalized spacial score (nSPS) is 41.5. The average Bonchev–Trinajstić information content (AvgIpc) is 3.04. The molecule has 0 heterocycles. The highest BCUT2D eigenvalue weighted by Gasteiger charge is 2.53. The van der Waals surface area contributed by atoms with Crippen molar-refractivity contribution >= 4 is 0 Å². The zero-order chi connectivity index (χ0) is 12.4. The molecular formula is C16H29NO. The van der Waals surface area contributed by atoms with Crippen molar-refractivity contribution in [3.8, 4) is 0 Å². The van der Waals surface area contributed by atoms with Gasteiger partial charge >= 0.3 is 0 Å². The highest BCUT2D eigenvalue weighted by Crippen LogP contribution is 2.58. The van der Waals surface area contributed by atoms with Crippen LogP contribution >= 0.6 is 0 Å². The Morgan fingerprint density at radius 3 is 2.83 bits per heavy atom. The smallest absolute Gasteiger partial charge is 0.0591 e. The van der Waals surface area contributed by atoms with Crippen molar-refractivity contribution in [2.24, 2.45) is 23.7 Å². The molecule has 0 radical (unpaired) electrons. The van der Waals surface area contributed by atoms with Crippen LogP contribution in [-0.2, 0) is 4.74 Å². The molecule has 3 aliphatic rings. The number of ether oxygens (including phenoxy) is 1. The number of unbranched alkanes of at least 4 members (excludes halogenated alkanes) is 1. The standard InChI is InChI=1S/C16H29NO/c1-2-3-8-18-9-7-17-16-11-12-10-15(16)14-6-4-5-13(12)14/h12-17H,2-11H2,1H3. The molecule has 2 bridgehead atoms. The molecule has 0 aromatic heterocycles. The molecule has 2 heteroatoms. The van der Waals surface area contributed by atoms with Crippen LogP contribution in [0.3, 0.4) is 0 Å². The minimum absolute atomic E-state index is 0.823. The highest BCUT2D eigenvalue weighted by atomic mass is 16.5. The van der Waals surface area contributed by atoms with E-state index in [0.29, 0.717) is 0 Å². The molecule has 3 saturated carbocycles. The fourth-order valence-electron chi connectivity index (χ4n) is 4.97. The fourth-order valence-corrected chi connectivity index (χ4v) is 4.97. The van der Waals surface area contributed by atoms with Crippen LogP contribution in [0.4, 0.5) is 0 Å². The van der Waals surface area contributed by atoms with E-state index in [4.69, 9.17) is 4.74 Å². The summed E-state index contributed by atoms with van der Waals surface area (Å²) < 4.78 is 5.64. The lowest BCUT2D eigenvalue weighted by Crippen LogP contribution is -2.40. The van der Waals surface area contributed by atoms with Gasteiger partial charge in [-0.25, -0.2) is 0 Å². The largest absolute Gasteiger partial charge is 0.380 e. The lowest BCUT2D eigenvalue weighted by Gasteiger charge is -2.32. The Labute approximate surface area is 112 Å². The predicted molar refractivity (Wildman–Crippen MR) is 74.6 cm³/mol. The molecule has 0 aromatic carbocycles. The minimum atomic E-state index is 0.823. The van der Waals surface area contributed by atoms with E-state index in [0.717, 1.165) is 49.5 Å². The first-order valence-electron chi connectivity index (χ1n) is 8.21. The molecule has 104 valence electrons.